The quantitative estimate of drug-likeness (QED) is 0.163. The minimum atomic E-state index is 0.815. The Morgan fingerprint density at radius 3 is 1.66 bits per heavy atom. The topological polar surface area (TPSA) is 12.4 Å². The molecule has 1 heteroatoms. The maximum absolute atomic E-state index is 4.28. The van der Waals surface area contributed by atoms with Gasteiger partial charge in [-0.05, 0) is 134 Å². The van der Waals surface area contributed by atoms with Crippen LogP contribution in [0.15, 0.2) is 114 Å². The molecule has 0 aliphatic heterocycles. The van der Waals surface area contributed by atoms with Gasteiger partial charge in [-0.15, -0.1) is 19.7 Å². The van der Waals surface area contributed by atoms with Gasteiger partial charge >= 0.3 is 0 Å². The third-order valence-corrected chi connectivity index (χ3v) is 6.71. The average Bonchev–Trinajstić information content (AvgIpc) is 3.81. The maximum atomic E-state index is 4.28. The summed E-state index contributed by atoms with van der Waals surface area (Å²) >= 11 is 0. The van der Waals surface area contributed by atoms with Gasteiger partial charge < -0.3 is 0 Å². The van der Waals surface area contributed by atoms with Crippen molar-refractivity contribution < 1.29 is 0 Å². The molecular formula is C43H59N. The smallest absolute Gasteiger partial charge is 0.0446 e. The van der Waals surface area contributed by atoms with Crippen LogP contribution < -0.4 is 10.4 Å². The van der Waals surface area contributed by atoms with Crippen LogP contribution in [0.2, 0.25) is 0 Å². The summed E-state index contributed by atoms with van der Waals surface area (Å²) in [7, 11) is 0. The van der Waals surface area contributed by atoms with Crippen molar-refractivity contribution in [2.75, 3.05) is 0 Å². The number of hydrogen-bond acceptors (Lipinski definition) is 1. The van der Waals surface area contributed by atoms with Crippen molar-refractivity contribution >= 4 is 24.1 Å². The zero-order chi connectivity index (χ0) is 33.8. The van der Waals surface area contributed by atoms with Crippen molar-refractivity contribution in [3.8, 4) is 0 Å². The summed E-state index contributed by atoms with van der Waals surface area (Å²) in [5.41, 5.74) is 13.2. The molecule has 0 spiro atoms. The Hall–Kier alpha value is -3.97. The van der Waals surface area contributed by atoms with E-state index in [4.69, 9.17) is 0 Å². The van der Waals surface area contributed by atoms with Gasteiger partial charge in [-0.25, -0.2) is 0 Å². The lowest BCUT2D eigenvalue weighted by molar-refractivity contribution is 1.04. The van der Waals surface area contributed by atoms with E-state index in [9.17, 15) is 0 Å². The minimum absolute atomic E-state index is 0.815. The van der Waals surface area contributed by atoms with Gasteiger partial charge in [0.25, 0.3) is 0 Å². The van der Waals surface area contributed by atoms with Crippen LogP contribution in [0.25, 0.3) is 17.8 Å². The number of aryl methyl sites for hydroxylation is 4. The fourth-order valence-corrected chi connectivity index (χ4v) is 4.38. The van der Waals surface area contributed by atoms with E-state index >= 15 is 0 Å². The highest BCUT2D eigenvalue weighted by molar-refractivity contribution is 5.70. The van der Waals surface area contributed by atoms with Crippen molar-refractivity contribution in [2.24, 2.45) is 10.9 Å². The fraction of sp³-hybridized carbons (Fsp3) is 0.326. The van der Waals surface area contributed by atoms with E-state index in [1.54, 1.807) is 5.57 Å². The summed E-state index contributed by atoms with van der Waals surface area (Å²) in [5.74, 6) is 0.815. The SMILES string of the molecule is C=C.C=C(C)C.C=c1cc(C)c(C)c/c1=C(\C)N=CC.CC(C)=C/C(=C(/C)c1ccccc1)C1CC1.Cc1cccc(C)c1. The molecule has 44 heavy (non-hydrogen) atoms. The molecule has 0 unspecified atom stereocenters. The Labute approximate surface area is 270 Å². The third kappa shape index (κ3) is 16.6. The van der Waals surface area contributed by atoms with E-state index in [2.05, 4.69) is 153 Å². The molecule has 3 aromatic carbocycles. The predicted octanol–water partition coefficient (Wildman–Crippen LogP) is 11.5. The number of benzene rings is 3. The van der Waals surface area contributed by atoms with Gasteiger partial charge in [0.05, 0.1) is 0 Å². The van der Waals surface area contributed by atoms with Crippen LogP contribution in [0.5, 0.6) is 0 Å². The summed E-state index contributed by atoms with van der Waals surface area (Å²) in [6.45, 7) is 36.5. The summed E-state index contributed by atoms with van der Waals surface area (Å²) in [5, 5.41) is 2.20. The molecule has 4 rings (SSSR count). The summed E-state index contributed by atoms with van der Waals surface area (Å²) in [6.07, 6.45) is 6.90. The number of rotatable bonds is 4. The molecule has 1 aliphatic rings. The molecule has 1 fully saturated rings. The molecule has 0 N–H and O–H groups in total. The molecule has 0 bridgehead atoms. The van der Waals surface area contributed by atoms with Crippen molar-refractivity contribution in [1.29, 1.82) is 0 Å². The van der Waals surface area contributed by atoms with Gasteiger partial charge in [0.2, 0.25) is 0 Å². The Balaban J connectivity index is 0.000000600. The number of hydrogen-bond donors (Lipinski definition) is 0. The van der Waals surface area contributed by atoms with Gasteiger partial charge in [0.15, 0.2) is 0 Å². The summed E-state index contributed by atoms with van der Waals surface area (Å²) < 4.78 is 0. The zero-order valence-corrected chi connectivity index (χ0v) is 29.8. The predicted molar refractivity (Wildman–Crippen MR) is 203 cm³/mol. The van der Waals surface area contributed by atoms with Gasteiger partial charge in [-0.1, -0.05) is 95.6 Å². The first-order valence-corrected chi connectivity index (χ1v) is 15.6. The highest BCUT2D eigenvalue weighted by atomic mass is 14.7. The van der Waals surface area contributed by atoms with Crippen molar-refractivity contribution in [3.63, 3.8) is 0 Å². The summed E-state index contributed by atoms with van der Waals surface area (Å²) in [4.78, 5) is 4.28. The normalized spacial score (nSPS) is 12.7. The van der Waals surface area contributed by atoms with Crippen LogP contribution >= 0.6 is 0 Å². The Bertz CT molecular complexity index is 1480. The molecule has 0 atom stereocenters. The van der Waals surface area contributed by atoms with Crippen LogP contribution in [-0.2, 0) is 0 Å². The second-order valence-electron chi connectivity index (χ2n) is 11.9. The second kappa shape index (κ2) is 21.7. The molecule has 0 amide bonds. The van der Waals surface area contributed by atoms with Gasteiger partial charge in [0.1, 0.15) is 0 Å². The molecule has 1 aliphatic carbocycles. The van der Waals surface area contributed by atoms with E-state index in [0.717, 1.165) is 22.1 Å². The molecular weight excluding hydrogens is 530 g/mol. The second-order valence-corrected chi connectivity index (χ2v) is 11.9. The van der Waals surface area contributed by atoms with Crippen LogP contribution in [-0.4, -0.2) is 6.21 Å². The number of allylic oxidation sites excluding steroid dienone is 5. The highest BCUT2D eigenvalue weighted by Crippen LogP contribution is 2.41. The molecule has 0 aromatic heterocycles. The van der Waals surface area contributed by atoms with E-state index < -0.39 is 0 Å². The first-order chi connectivity index (χ1) is 20.8. The van der Waals surface area contributed by atoms with Crippen molar-refractivity contribution in [2.45, 2.75) is 89.0 Å². The molecule has 0 radical (unpaired) electrons. The Kier molecular flexibility index (Phi) is 19.7. The molecule has 0 heterocycles. The minimum Gasteiger partial charge on any atom is -0.266 e. The molecule has 3 aromatic rings. The van der Waals surface area contributed by atoms with Crippen molar-refractivity contribution in [1.82, 2.24) is 0 Å². The molecule has 1 saturated carbocycles. The first kappa shape index (κ1) is 40.0. The van der Waals surface area contributed by atoms with Crippen LogP contribution in [0, 0.1) is 33.6 Å². The fourth-order valence-electron chi connectivity index (χ4n) is 4.38. The largest absolute Gasteiger partial charge is 0.266 e. The number of nitrogens with zero attached hydrogens (tertiary/aromatic N) is 1. The Morgan fingerprint density at radius 1 is 0.750 bits per heavy atom. The maximum Gasteiger partial charge on any atom is 0.0446 e. The zero-order valence-electron chi connectivity index (χ0n) is 29.8. The average molecular weight is 590 g/mol. The van der Waals surface area contributed by atoms with Crippen LogP contribution in [0.3, 0.4) is 0 Å². The van der Waals surface area contributed by atoms with Crippen molar-refractivity contribution in [3.05, 3.63) is 148 Å². The molecule has 0 saturated heterocycles. The summed E-state index contributed by atoms with van der Waals surface area (Å²) in [6, 6.07) is 23.4. The van der Waals surface area contributed by atoms with Crippen LogP contribution in [0.1, 0.15) is 89.1 Å². The van der Waals surface area contributed by atoms with Crippen LogP contribution in [0.4, 0.5) is 0 Å². The standard InChI is InChI=1S/C16H20.C13H17N.C8H10.C4H8.C2H4/c1-12(2)11-16(15-9-10-15)13(3)14-7-5-4-6-8-14;1-6-14-12(5)13-8-10(3)9(2)7-11(13)4;1-7-4-3-5-8(2)6-7;1-4(2)3;1-2/h4-8,11,15H,9-10H2,1-3H3;6-8H,4H2,1-3,5H3;3-6H,1-2H3;1H2,2-3H3;1-2H2/b16-13+;13-12-,14-6?;;;. The van der Waals surface area contributed by atoms with E-state index in [0.29, 0.717) is 0 Å². The highest BCUT2D eigenvalue weighted by Gasteiger charge is 2.26. The lowest BCUT2D eigenvalue weighted by Crippen LogP contribution is -2.25. The van der Waals surface area contributed by atoms with E-state index in [1.807, 2.05) is 33.9 Å². The van der Waals surface area contributed by atoms with E-state index in [1.165, 1.54) is 57.4 Å². The monoisotopic (exact) mass is 589 g/mol. The lowest BCUT2D eigenvalue weighted by Gasteiger charge is -2.09. The number of aliphatic imine (C=N–C) groups is 1. The third-order valence-electron chi connectivity index (χ3n) is 6.71. The van der Waals surface area contributed by atoms with Gasteiger partial charge in [-0.3, -0.25) is 4.99 Å². The first-order valence-electron chi connectivity index (χ1n) is 15.6. The Morgan fingerprint density at radius 2 is 1.25 bits per heavy atom. The molecule has 236 valence electrons. The molecule has 1 nitrogen and oxygen atoms in total. The lowest BCUT2D eigenvalue weighted by atomic mass is 9.97. The van der Waals surface area contributed by atoms with E-state index in [-0.39, 0.29) is 0 Å². The van der Waals surface area contributed by atoms with Gasteiger partial charge in [0, 0.05) is 17.1 Å². The van der Waals surface area contributed by atoms with Gasteiger partial charge in [-0.2, -0.15) is 0 Å².